The molecule has 0 aliphatic carbocycles. The van der Waals surface area contributed by atoms with Gasteiger partial charge in [0.1, 0.15) is 0 Å². The summed E-state index contributed by atoms with van der Waals surface area (Å²) in [6.45, 7) is 0.287. The minimum absolute atomic E-state index is 0.143. The molecule has 2 aliphatic rings. The van der Waals surface area contributed by atoms with Crippen molar-refractivity contribution in [3.05, 3.63) is 70.8 Å². The Kier molecular flexibility index (Phi) is 3.83. The summed E-state index contributed by atoms with van der Waals surface area (Å²) in [4.78, 5) is 19.2. The first kappa shape index (κ1) is 15.6. The Balaban J connectivity index is 1.62. The summed E-state index contributed by atoms with van der Waals surface area (Å²) < 4.78 is 10.8. The van der Waals surface area contributed by atoms with Gasteiger partial charge < -0.3 is 9.47 Å². The molecule has 8 heteroatoms. The van der Waals surface area contributed by atoms with Crippen LogP contribution in [0, 0.1) is 0 Å². The zero-order chi connectivity index (χ0) is 16.6. The van der Waals surface area contributed by atoms with Gasteiger partial charge in [0.2, 0.25) is 0 Å². The smallest absolute Gasteiger partial charge is 0.315 e. The van der Waals surface area contributed by atoms with Gasteiger partial charge in [0.05, 0.1) is 24.3 Å². The summed E-state index contributed by atoms with van der Waals surface area (Å²) in [6, 6.07) is 14.0. The van der Waals surface area contributed by atoms with E-state index in [9.17, 15) is 10.5 Å². The maximum absolute atomic E-state index is 9.32. The summed E-state index contributed by atoms with van der Waals surface area (Å²) >= 11 is 0. The van der Waals surface area contributed by atoms with Gasteiger partial charge in [-0.3, -0.25) is 0 Å². The normalized spacial score (nSPS) is 27.9. The summed E-state index contributed by atoms with van der Waals surface area (Å²) in [5.41, 5.74) is 2.35. The number of rotatable bonds is 5. The Hall–Kier alpha value is -1.88. The first-order valence-corrected chi connectivity index (χ1v) is 7.20. The Morgan fingerprint density at radius 1 is 0.708 bits per heavy atom. The summed E-state index contributed by atoms with van der Waals surface area (Å²) in [7, 11) is 0. The molecule has 2 aromatic carbocycles. The molecule has 2 heterocycles. The molecule has 2 aromatic rings. The largest absolute Gasteiger partial charge is 0.367 e. The molecule has 0 bridgehead atoms. The minimum atomic E-state index is -2.01. The molecule has 2 unspecified atom stereocenters. The minimum Gasteiger partial charge on any atom is -0.315 e. The first-order valence-electron chi connectivity index (χ1n) is 7.20. The van der Waals surface area contributed by atoms with Gasteiger partial charge in [0.25, 0.3) is 0 Å². The van der Waals surface area contributed by atoms with Gasteiger partial charge in [-0.2, -0.15) is 19.6 Å². The van der Waals surface area contributed by atoms with E-state index in [4.69, 9.17) is 19.2 Å². The van der Waals surface area contributed by atoms with Crippen LogP contribution in [0.25, 0.3) is 0 Å². The highest BCUT2D eigenvalue weighted by molar-refractivity contribution is 5.33. The van der Waals surface area contributed by atoms with E-state index in [2.05, 4.69) is 9.78 Å². The van der Waals surface area contributed by atoms with Crippen LogP contribution in [0.2, 0.25) is 0 Å². The topological polar surface area (TPSA) is 95.8 Å². The zero-order valence-electron chi connectivity index (χ0n) is 12.4. The van der Waals surface area contributed by atoms with Crippen molar-refractivity contribution >= 4 is 0 Å². The molecular weight excluding hydrogens is 320 g/mol. The van der Waals surface area contributed by atoms with E-state index < -0.39 is 11.9 Å². The molecule has 0 amide bonds. The lowest BCUT2D eigenvalue weighted by Gasteiger charge is -2.29. The fourth-order valence-corrected chi connectivity index (χ4v) is 2.82. The average Bonchev–Trinajstić information content (AvgIpc) is 3.20. The molecule has 0 fully saturated rings. The Bertz CT molecular complexity index is 687. The van der Waals surface area contributed by atoms with Crippen molar-refractivity contribution in [2.75, 3.05) is 0 Å². The summed E-state index contributed by atoms with van der Waals surface area (Å²) in [5.74, 6) is -4.02. The van der Waals surface area contributed by atoms with Gasteiger partial charge in [-0.1, -0.05) is 48.5 Å². The molecule has 0 aromatic heterocycles. The quantitative estimate of drug-likeness (QED) is 0.489. The van der Waals surface area contributed by atoms with Crippen LogP contribution >= 0.6 is 0 Å². The van der Waals surface area contributed by atoms with E-state index in [1.165, 1.54) is 0 Å². The Labute approximate surface area is 136 Å². The van der Waals surface area contributed by atoms with Gasteiger partial charge in [0.15, 0.2) is 0 Å². The van der Waals surface area contributed by atoms with Crippen LogP contribution < -0.4 is 0 Å². The second kappa shape index (κ2) is 5.88. The molecule has 24 heavy (non-hydrogen) atoms. The highest BCUT2D eigenvalue weighted by Gasteiger charge is 2.51. The van der Waals surface area contributed by atoms with Crippen molar-refractivity contribution in [1.82, 2.24) is 0 Å². The SMILES string of the molecule is OOC1(OOC2(OO)OCc3ccccc32)OCc2ccccc21. The highest BCUT2D eigenvalue weighted by atomic mass is 17.4. The molecule has 2 atom stereocenters. The molecule has 126 valence electrons. The molecule has 2 N–H and O–H groups in total. The average molecular weight is 334 g/mol. The lowest BCUT2D eigenvalue weighted by Crippen LogP contribution is -2.39. The van der Waals surface area contributed by atoms with Gasteiger partial charge >= 0.3 is 11.9 Å². The second-order valence-corrected chi connectivity index (χ2v) is 5.35. The number of benzene rings is 2. The van der Waals surface area contributed by atoms with Crippen molar-refractivity contribution in [2.45, 2.75) is 25.2 Å². The number of ether oxygens (including phenoxy) is 2. The Morgan fingerprint density at radius 3 is 1.54 bits per heavy atom. The van der Waals surface area contributed by atoms with Crippen molar-refractivity contribution < 1.29 is 39.5 Å². The lowest BCUT2D eigenvalue weighted by atomic mass is 10.1. The molecule has 0 saturated carbocycles. The summed E-state index contributed by atoms with van der Waals surface area (Å²) in [6.07, 6.45) is 0. The Morgan fingerprint density at radius 2 is 1.12 bits per heavy atom. The van der Waals surface area contributed by atoms with Crippen LogP contribution in [0.3, 0.4) is 0 Å². The van der Waals surface area contributed by atoms with Gasteiger partial charge in [-0.05, 0) is 11.1 Å². The molecule has 8 nitrogen and oxygen atoms in total. The maximum Gasteiger partial charge on any atom is 0.367 e. The maximum atomic E-state index is 9.32. The van der Waals surface area contributed by atoms with Crippen LogP contribution in [0.15, 0.2) is 48.5 Å². The fraction of sp³-hybridized carbons (Fsp3) is 0.250. The number of hydrogen-bond acceptors (Lipinski definition) is 8. The predicted octanol–water partition coefficient (Wildman–Crippen LogP) is 2.60. The van der Waals surface area contributed by atoms with E-state index in [0.717, 1.165) is 11.1 Å². The van der Waals surface area contributed by atoms with Crippen molar-refractivity contribution in [3.63, 3.8) is 0 Å². The van der Waals surface area contributed by atoms with Gasteiger partial charge in [0, 0.05) is 0 Å². The third kappa shape index (κ3) is 2.25. The first-order chi connectivity index (χ1) is 11.7. The molecule has 0 saturated heterocycles. The lowest BCUT2D eigenvalue weighted by molar-refractivity contribution is -0.657. The van der Waals surface area contributed by atoms with Crippen molar-refractivity contribution in [3.8, 4) is 0 Å². The van der Waals surface area contributed by atoms with E-state index in [1.54, 1.807) is 36.4 Å². The number of hydrogen-bond donors (Lipinski definition) is 2. The van der Waals surface area contributed by atoms with Crippen LogP contribution in [-0.2, 0) is 54.2 Å². The number of fused-ring (bicyclic) bond motifs is 2. The molecule has 0 spiro atoms. The molecular formula is C16H14O8. The monoisotopic (exact) mass is 334 g/mol. The molecule has 4 rings (SSSR count). The van der Waals surface area contributed by atoms with Gasteiger partial charge in [-0.15, -0.1) is 0 Å². The van der Waals surface area contributed by atoms with E-state index in [-0.39, 0.29) is 13.2 Å². The van der Waals surface area contributed by atoms with Crippen LogP contribution in [0.1, 0.15) is 22.3 Å². The second-order valence-electron chi connectivity index (χ2n) is 5.35. The molecule has 0 radical (unpaired) electrons. The van der Waals surface area contributed by atoms with Crippen LogP contribution in [-0.4, -0.2) is 10.5 Å². The fourth-order valence-electron chi connectivity index (χ4n) is 2.82. The standard InChI is InChI=1S/C16H14O8/c17-21-15(13-7-3-1-5-11(13)9-19-15)23-24-16(22-18)14-8-4-2-6-12(14)10-20-16/h1-8,17-18H,9-10H2. The van der Waals surface area contributed by atoms with Gasteiger partial charge in [-0.25, -0.2) is 10.5 Å². The van der Waals surface area contributed by atoms with Crippen LogP contribution in [0.5, 0.6) is 0 Å². The molecule has 2 aliphatic heterocycles. The van der Waals surface area contributed by atoms with Crippen LogP contribution in [0.4, 0.5) is 0 Å². The zero-order valence-corrected chi connectivity index (χ0v) is 12.4. The predicted molar refractivity (Wildman–Crippen MR) is 75.4 cm³/mol. The van der Waals surface area contributed by atoms with Crippen molar-refractivity contribution in [1.29, 1.82) is 0 Å². The van der Waals surface area contributed by atoms with E-state index in [1.807, 2.05) is 12.1 Å². The van der Waals surface area contributed by atoms with Crippen molar-refractivity contribution in [2.24, 2.45) is 0 Å². The third-order valence-corrected chi connectivity index (χ3v) is 4.03. The van der Waals surface area contributed by atoms with E-state index >= 15 is 0 Å². The third-order valence-electron chi connectivity index (χ3n) is 4.03. The van der Waals surface area contributed by atoms with E-state index in [0.29, 0.717) is 11.1 Å². The highest BCUT2D eigenvalue weighted by Crippen LogP contribution is 2.43. The summed E-state index contributed by atoms with van der Waals surface area (Å²) in [5, 5.41) is 18.6.